The van der Waals surface area contributed by atoms with Gasteiger partial charge in [0.05, 0.1) is 11.5 Å². The van der Waals surface area contributed by atoms with Gasteiger partial charge in [-0.05, 0) is 37.7 Å². The average molecular weight is 325 g/mol. The van der Waals surface area contributed by atoms with E-state index in [4.69, 9.17) is 12.2 Å². The molecular weight excluding hydrogens is 302 g/mol. The average Bonchev–Trinajstić information content (AvgIpc) is 3.15. The van der Waals surface area contributed by atoms with E-state index in [1.165, 1.54) is 24.1 Å². The Morgan fingerprint density at radius 1 is 1.26 bits per heavy atom. The fraction of sp³-hybridized carbons (Fsp3) is 0.474. The summed E-state index contributed by atoms with van der Waals surface area (Å²) < 4.78 is 0. The van der Waals surface area contributed by atoms with Crippen LogP contribution in [-0.2, 0) is 5.41 Å². The molecule has 23 heavy (non-hydrogen) atoms. The molecule has 0 amide bonds. The zero-order valence-electron chi connectivity index (χ0n) is 13.6. The quantitative estimate of drug-likeness (QED) is 0.863. The second-order valence-electron chi connectivity index (χ2n) is 6.44. The molecule has 1 unspecified atom stereocenters. The van der Waals surface area contributed by atoms with Crippen LogP contribution in [0.2, 0.25) is 0 Å². The molecule has 1 fully saturated rings. The Hall–Kier alpha value is -1.86. The lowest BCUT2D eigenvalue weighted by atomic mass is 9.69. The van der Waals surface area contributed by atoms with Crippen molar-refractivity contribution in [3.05, 3.63) is 47.2 Å². The van der Waals surface area contributed by atoms with Crippen molar-refractivity contribution in [3.8, 4) is 6.07 Å². The van der Waals surface area contributed by atoms with Gasteiger partial charge in [0.2, 0.25) is 0 Å². The lowest BCUT2D eigenvalue weighted by molar-refractivity contribution is 0.357. The number of nitriles is 1. The number of thiocarbonyl (C=S) groups is 1. The fourth-order valence-electron chi connectivity index (χ4n) is 3.84. The zero-order valence-corrected chi connectivity index (χ0v) is 14.5. The Balaban J connectivity index is 2.00. The van der Waals surface area contributed by atoms with E-state index in [1.54, 1.807) is 0 Å². The maximum Gasteiger partial charge on any atom is 0.104 e. The van der Waals surface area contributed by atoms with Crippen molar-refractivity contribution in [1.29, 1.82) is 5.26 Å². The van der Waals surface area contributed by atoms with E-state index < -0.39 is 5.41 Å². The third-order valence-electron chi connectivity index (χ3n) is 5.14. The van der Waals surface area contributed by atoms with Crippen molar-refractivity contribution in [1.82, 2.24) is 10.2 Å². The molecule has 120 valence electrons. The number of likely N-dealkylation sites (tertiary alicyclic amines) is 1. The van der Waals surface area contributed by atoms with Gasteiger partial charge in [-0.15, -0.1) is 0 Å². The number of benzene rings is 1. The third kappa shape index (κ3) is 2.98. The van der Waals surface area contributed by atoms with Crippen molar-refractivity contribution in [2.24, 2.45) is 0 Å². The summed E-state index contributed by atoms with van der Waals surface area (Å²) in [5.74, 6) is 0. The lowest BCUT2D eigenvalue weighted by Crippen LogP contribution is -2.37. The summed E-state index contributed by atoms with van der Waals surface area (Å²) in [7, 11) is 1.88. The van der Waals surface area contributed by atoms with Gasteiger partial charge in [0.25, 0.3) is 0 Å². The van der Waals surface area contributed by atoms with Crippen LogP contribution in [0.1, 0.15) is 37.7 Å². The molecule has 1 N–H and O–H groups in total. The number of hydrogen-bond donors (Lipinski definition) is 1. The molecule has 1 aromatic rings. The van der Waals surface area contributed by atoms with Crippen LogP contribution >= 0.6 is 12.2 Å². The number of nitrogens with zero attached hydrogens (tertiary/aromatic N) is 2. The van der Waals surface area contributed by atoms with Crippen LogP contribution in [-0.4, -0.2) is 30.0 Å². The molecule has 1 aliphatic carbocycles. The van der Waals surface area contributed by atoms with Gasteiger partial charge in [0.15, 0.2) is 0 Å². The van der Waals surface area contributed by atoms with E-state index in [2.05, 4.69) is 28.4 Å². The summed E-state index contributed by atoms with van der Waals surface area (Å²) in [4.78, 5) is 3.27. The number of allylic oxidation sites excluding steroid dienone is 1. The highest BCUT2D eigenvalue weighted by Gasteiger charge is 2.39. The molecule has 0 bridgehead atoms. The Kier molecular flexibility index (Phi) is 4.68. The second kappa shape index (κ2) is 6.72. The van der Waals surface area contributed by atoms with Crippen LogP contribution in [0.25, 0.3) is 0 Å². The summed E-state index contributed by atoms with van der Waals surface area (Å²) in [6, 6.07) is 12.8. The van der Waals surface area contributed by atoms with Gasteiger partial charge in [-0.3, -0.25) is 0 Å². The minimum absolute atomic E-state index is 0.458. The number of rotatable bonds is 3. The van der Waals surface area contributed by atoms with Crippen molar-refractivity contribution >= 4 is 17.2 Å². The molecule has 3 rings (SSSR count). The summed E-state index contributed by atoms with van der Waals surface area (Å²) >= 11 is 5.58. The maximum absolute atomic E-state index is 9.97. The number of likely N-dealkylation sites (N-methyl/N-ethyl adjacent to an activating group) is 1. The van der Waals surface area contributed by atoms with Gasteiger partial charge in [-0.25, -0.2) is 0 Å². The predicted molar refractivity (Wildman–Crippen MR) is 97.1 cm³/mol. The van der Waals surface area contributed by atoms with Crippen LogP contribution in [0.5, 0.6) is 0 Å². The topological polar surface area (TPSA) is 39.1 Å². The Labute approximate surface area is 144 Å². The summed E-state index contributed by atoms with van der Waals surface area (Å²) in [5, 5.41) is 13.1. The molecule has 4 heteroatoms. The first-order valence-corrected chi connectivity index (χ1v) is 8.77. The standard InChI is InChI=1S/C19H23N3S/c1-21-18(23)16-13-19(14-20,15-7-3-2-4-8-15)10-9-17(16)22-11-5-6-12-22/h2-4,7-8H,5-6,9-13H2,1H3,(H,21,23). The minimum Gasteiger partial charge on any atom is -0.379 e. The second-order valence-corrected chi connectivity index (χ2v) is 6.84. The smallest absolute Gasteiger partial charge is 0.104 e. The van der Waals surface area contributed by atoms with Crippen molar-refractivity contribution in [2.75, 3.05) is 20.1 Å². The fourth-order valence-corrected chi connectivity index (χ4v) is 4.03. The SMILES string of the molecule is CNC(=S)C1=C(N2CCCC2)CCC(C#N)(c2ccccc2)C1. The van der Waals surface area contributed by atoms with Crippen LogP contribution in [0.15, 0.2) is 41.6 Å². The normalized spacial score (nSPS) is 24.4. The van der Waals surface area contributed by atoms with Crippen LogP contribution in [0.3, 0.4) is 0 Å². The molecule has 1 heterocycles. The molecule has 0 radical (unpaired) electrons. The van der Waals surface area contributed by atoms with Crippen LogP contribution in [0, 0.1) is 11.3 Å². The monoisotopic (exact) mass is 325 g/mol. The van der Waals surface area contributed by atoms with Gasteiger partial charge in [0, 0.05) is 31.4 Å². The molecule has 1 aliphatic heterocycles. The first kappa shape index (κ1) is 16.0. The van der Waals surface area contributed by atoms with Gasteiger partial charge in [-0.2, -0.15) is 5.26 Å². The Morgan fingerprint density at radius 2 is 1.96 bits per heavy atom. The highest BCUT2D eigenvalue weighted by Crippen LogP contribution is 2.43. The zero-order chi connectivity index (χ0) is 16.3. The Morgan fingerprint density at radius 3 is 2.57 bits per heavy atom. The third-order valence-corrected chi connectivity index (χ3v) is 5.60. The van der Waals surface area contributed by atoms with Crippen molar-refractivity contribution < 1.29 is 0 Å². The largest absolute Gasteiger partial charge is 0.379 e. The molecule has 0 aromatic heterocycles. The van der Waals surface area contributed by atoms with E-state index in [0.29, 0.717) is 6.42 Å². The van der Waals surface area contributed by atoms with Gasteiger partial charge < -0.3 is 10.2 Å². The highest BCUT2D eigenvalue weighted by molar-refractivity contribution is 7.80. The van der Waals surface area contributed by atoms with Crippen molar-refractivity contribution in [2.45, 2.75) is 37.5 Å². The first-order valence-electron chi connectivity index (χ1n) is 8.36. The lowest BCUT2D eigenvalue weighted by Gasteiger charge is -2.37. The van der Waals surface area contributed by atoms with Gasteiger partial charge in [-0.1, -0.05) is 42.5 Å². The minimum atomic E-state index is -0.458. The van der Waals surface area contributed by atoms with E-state index in [0.717, 1.165) is 36.5 Å². The molecule has 0 saturated carbocycles. The van der Waals surface area contributed by atoms with E-state index >= 15 is 0 Å². The Bertz CT molecular complexity index is 653. The van der Waals surface area contributed by atoms with E-state index in [1.807, 2.05) is 25.2 Å². The van der Waals surface area contributed by atoms with Crippen LogP contribution < -0.4 is 5.32 Å². The summed E-state index contributed by atoms with van der Waals surface area (Å²) in [5.41, 5.74) is 3.19. The summed E-state index contributed by atoms with van der Waals surface area (Å²) in [6.45, 7) is 2.24. The molecule has 0 spiro atoms. The van der Waals surface area contributed by atoms with Gasteiger partial charge in [0.1, 0.15) is 4.99 Å². The van der Waals surface area contributed by atoms with Crippen LogP contribution in [0.4, 0.5) is 0 Å². The molecular formula is C19H23N3S. The maximum atomic E-state index is 9.97. The van der Waals surface area contributed by atoms with Gasteiger partial charge >= 0.3 is 0 Å². The number of nitrogens with one attached hydrogen (secondary N) is 1. The van der Waals surface area contributed by atoms with E-state index in [9.17, 15) is 5.26 Å². The summed E-state index contributed by atoms with van der Waals surface area (Å²) in [6.07, 6.45) is 5.02. The molecule has 1 atom stereocenters. The predicted octanol–water partition coefficient (Wildman–Crippen LogP) is 3.53. The first-order chi connectivity index (χ1) is 11.2. The van der Waals surface area contributed by atoms with E-state index in [-0.39, 0.29) is 0 Å². The molecule has 2 aliphatic rings. The van der Waals surface area contributed by atoms with Crippen molar-refractivity contribution in [3.63, 3.8) is 0 Å². The molecule has 1 saturated heterocycles. The number of hydrogen-bond acceptors (Lipinski definition) is 3. The molecule has 1 aromatic carbocycles. The highest BCUT2D eigenvalue weighted by atomic mass is 32.1. The molecule has 3 nitrogen and oxygen atoms in total.